The van der Waals surface area contributed by atoms with E-state index in [0.29, 0.717) is 23.1 Å². The molecule has 0 saturated heterocycles. The van der Waals surface area contributed by atoms with E-state index in [1.54, 1.807) is 55.0 Å². The second-order valence-corrected chi connectivity index (χ2v) is 5.45. The maximum atomic E-state index is 12.4. The number of hydrogen-bond acceptors (Lipinski definition) is 7. The summed E-state index contributed by atoms with van der Waals surface area (Å²) in [5.41, 5.74) is 1.45. The van der Waals surface area contributed by atoms with E-state index in [-0.39, 0.29) is 5.69 Å². The lowest BCUT2D eigenvalue weighted by molar-refractivity contribution is 0.101. The van der Waals surface area contributed by atoms with E-state index in [0.717, 1.165) is 5.56 Å². The minimum absolute atomic E-state index is 0.161. The molecule has 0 fully saturated rings. The van der Waals surface area contributed by atoms with Gasteiger partial charge < -0.3 is 14.6 Å². The fourth-order valence-corrected chi connectivity index (χ4v) is 2.32. The van der Waals surface area contributed by atoms with Crippen LogP contribution < -0.4 is 10.1 Å². The largest absolute Gasteiger partial charge is 0.437 e. The van der Waals surface area contributed by atoms with E-state index >= 15 is 0 Å². The standard InChI is InChI=1S/C19H13N5O3/c25-19(16-10-17(27-24-16)13-3-2-6-20-11-13)23-14-4-1-5-15(9-14)26-18-12-21-7-8-22-18/h1-12H,(H,23,25). The fraction of sp³-hybridized carbons (Fsp3) is 0. The molecular weight excluding hydrogens is 346 g/mol. The van der Waals surface area contributed by atoms with E-state index < -0.39 is 5.91 Å². The van der Waals surface area contributed by atoms with Crippen molar-refractivity contribution in [1.82, 2.24) is 20.1 Å². The van der Waals surface area contributed by atoms with Crippen molar-refractivity contribution in [3.63, 3.8) is 0 Å². The van der Waals surface area contributed by atoms with E-state index in [1.165, 1.54) is 12.4 Å². The van der Waals surface area contributed by atoms with Gasteiger partial charge in [-0.3, -0.25) is 14.8 Å². The summed E-state index contributed by atoms with van der Waals surface area (Å²) in [6.07, 6.45) is 7.88. The topological polar surface area (TPSA) is 103 Å². The molecule has 1 amide bonds. The number of pyridine rings is 1. The number of amides is 1. The Morgan fingerprint density at radius 2 is 1.93 bits per heavy atom. The minimum atomic E-state index is -0.398. The Morgan fingerprint density at radius 1 is 1.00 bits per heavy atom. The van der Waals surface area contributed by atoms with Gasteiger partial charge in [0, 0.05) is 48.2 Å². The van der Waals surface area contributed by atoms with Crippen molar-refractivity contribution in [3.8, 4) is 23.0 Å². The number of nitrogens with zero attached hydrogens (tertiary/aromatic N) is 4. The van der Waals surface area contributed by atoms with Gasteiger partial charge in [0.15, 0.2) is 11.5 Å². The number of ether oxygens (including phenoxy) is 1. The van der Waals surface area contributed by atoms with Crippen LogP contribution in [0.3, 0.4) is 0 Å². The third kappa shape index (κ3) is 3.96. The molecule has 0 radical (unpaired) electrons. The lowest BCUT2D eigenvalue weighted by Gasteiger charge is -2.07. The van der Waals surface area contributed by atoms with Crippen LogP contribution in [0.15, 0.2) is 78.0 Å². The van der Waals surface area contributed by atoms with Gasteiger partial charge in [-0.1, -0.05) is 11.2 Å². The first-order chi connectivity index (χ1) is 13.3. The summed E-state index contributed by atoms with van der Waals surface area (Å²) in [4.78, 5) is 24.4. The molecule has 3 heterocycles. The molecular formula is C19H13N5O3. The molecule has 0 unspecified atom stereocenters. The predicted octanol–water partition coefficient (Wildman–Crippen LogP) is 3.57. The first kappa shape index (κ1) is 16.4. The molecule has 0 saturated carbocycles. The summed E-state index contributed by atoms with van der Waals surface area (Å²) in [6, 6.07) is 12.1. The molecule has 4 rings (SSSR count). The van der Waals surface area contributed by atoms with Crippen LogP contribution in [0.2, 0.25) is 0 Å². The van der Waals surface area contributed by atoms with Crippen molar-refractivity contribution in [2.24, 2.45) is 0 Å². The quantitative estimate of drug-likeness (QED) is 0.581. The van der Waals surface area contributed by atoms with Crippen molar-refractivity contribution in [3.05, 3.63) is 79.1 Å². The number of nitrogens with one attached hydrogen (secondary N) is 1. The Hall–Kier alpha value is -4.07. The number of rotatable bonds is 5. The van der Waals surface area contributed by atoms with Crippen molar-refractivity contribution >= 4 is 11.6 Å². The lowest BCUT2D eigenvalue weighted by Crippen LogP contribution is -2.12. The molecule has 4 aromatic rings. The number of anilines is 1. The molecule has 0 spiro atoms. The van der Waals surface area contributed by atoms with Gasteiger partial charge in [0.2, 0.25) is 5.88 Å². The Bertz CT molecular complexity index is 1050. The average Bonchev–Trinajstić information content (AvgIpc) is 3.20. The van der Waals surface area contributed by atoms with Crippen LogP contribution in [0.25, 0.3) is 11.3 Å². The van der Waals surface area contributed by atoms with Gasteiger partial charge in [0.25, 0.3) is 5.91 Å². The SMILES string of the molecule is O=C(Nc1cccc(Oc2cnccn2)c1)c1cc(-c2cccnc2)on1. The molecule has 0 aliphatic rings. The average molecular weight is 359 g/mol. The Kier molecular flexibility index (Phi) is 4.52. The molecule has 0 bridgehead atoms. The van der Waals surface area contributed by atoms with Gasteiger partial charge >= 0.3 is 0 Å². The maximum absolute atomic E-state index is 12.4. The summed E-state index contributed by atoms with van der Waals surface area (Å²) in [5, 5.41) is 6.57. The number of benzene rings is 1. The zero-order valence-corrected chi connectivity index (χ0v) is 13.9. The van der Waals surface area contributed by atoms with Gasteiger partial charge in [-0.25, -0.2) is 4.98 Å². The summed E-state index contributed by atoms with van der Waals surface area (Å²) < 4.78 is 10.8. The second-order valence-electron chi connectivity index (χ2n) is 5.45. The Morgan fingerprint density at radius 3 is 2.74 bits per heavy atom. The second kappa shape index (κ2) is 7.44. The molecule has 27 heavy (non-hydrogen) atoms. The van der Waals surface area contributed by atoms with Gasteiger partial charge in [-0.15, -0.1) is 0 Å². The highest BCUT2D eigenvalue weighted by atomic mass is 16.5. The summed E-state index contributed by atoms with van der Waals surface area (Å²) in [5.74, 6) is 0.946. The van der Waals surface area contributed by atoms with Crippen LogP contribution in [-0.4, -0.2) is 26.0 Å². The van der Waals surface area contributed by atoms with Crippen LogP contribution >= 0.6 is 0 Å². The van der Waals surface area contributed by atoms with Crippen LogP contribution in [0, 0.1) is 0 Å². The van der Waals surface area contributed by atoms with E-state index in [1.807, 2.05) is 6.07 Å². The predicted molar refractivity (Wildman–Crippen MR) is 96.2 cm³/mol. The minimum Gasteiger partial charge on any atom is -0.437 e. The number of carbonyl (C=O) groups excluding carboxylic acids is 1. The normalized spacial score (nSPS) is 10.4. The summed E-state index contributed by atoms with van der Waals surface area (Å²) in [6.45, 7) is 0. The maximum Gasteiger partial charge on any atom is 0.277 e. The number of aromatic nitrogens is 4. The number of hydrogen-bond donors (Lipinski definition) is 1. The third-order valence-corrected chi connectivity index (χ3v) is 3.54. The highest BCUT2D eigenvalue weighted by Gasteiger charge is 2.14. The van der Waals surface area contributed by atoms with E-state index in [4.69, 9.17) is 9.26 Å². The highest BCUT2D eigenvalue weighted by Crippen LogP contribution is 2.23. The van der Waals surface area contributed by atoms with Crippen LogP contribution in [0.5, 0.6) is 11.6 Å². The zero-order chi connectivity index (χ0) is 18.5. The fourth-order valence-electron chi connectivity index (χ4n) is 2.32. The molecule has 8 nitrogen and oxygen atoms in total. The Balaban J connectivity index is 1.47. The Labute approximate surface area is 153 Å². The molecule has 1 N–H and O–H groups in total. The monoisotopic (exact) mass is 359 g/mol. The van der Waals surface area contributed by atoms with Crippen LogP contribution in [0.4, 0.5) is 5.69 Å². The molecule has 0 atom stereocenters. The molecule has 0 aliphatic heterocycles. The van der Waals surface area contributed by atoms with E-state index in [2.05, 4.69) is 25.4 Å². The molecule has 0 aliphatic carbocycles. The third-order valence-electron chi connectivity index (χ3n) is 3.54. The lowest BCUT2D eigenvalue weighted by atomic mass is 10.2. The van der Waals surface area contributed by atoms with Crippen LogP contribution in [-0.2, 0) is 0 Å². The van der Waals surface area contributed by atoms with E-state index in [9.17, 15) is 4.79 Å². The first-order valence-corrected chi connectivity index (χ1v) is 8.00. The summed E-state index contributed by atoms with van der Waals surface area (Å²) in [7, 11) is 0. The molecule has 1 aromatic carbocycles. The summed E-state index contributed by atoms with van der Waals surface area (Å²) >= 11 is 0. The van der Waals surface area contributed by atoms with Gasteiger partial charge in [0.05, 0.1) is 6.20 Å². The van der Waals surface area contributed by atoms with Gasteiger partial charge in [-0.2, -0.15) is 0 Å². The first-order valence-electron chi connectivity index (χ1n) is 8.00. The smallest absolute Gasteiger partial charge is 0.277 e. The number of carbonyl (C=O) groups is 1. The molecule has 3 aromatic heterocycles. The van der Waals surface area contributed by atoms with Crippen molar-refractivity contribution < 1.29 is 14.1 Å². The molecule has 132 valence electrons. The van der Waals surface area contributed by atoms with Gasteiger partial charge in [-0.05, 0) is 24.3 Å². The highest BCUT2D eigenvalue weighted by molar-refractivity contribution is 6.03. The van der Waals surface area contributed by atoms with Crippen LogP contribution in [0.1, 0.15) is 10.5 Å². The van der Waals surface area contributed by atoms with Crippen molar-refractivity contribution in [2.75, 3.05) is 5.32 Å². The zero-order valence-electron chi connectivity index (χ0n) is 13.9. The van der Waals surface area contributed by atoms with Crippen molar-refractivity contribution in [2.45, 2.75) is 0 Å². The van der Waals surface area contributed by atoms with Crippen molar-refractivity contribution in [1.29, 1.82) is 0 Å². The molecule has 8 heteroatoms. The van der Waals surface area contributed by atoms with Gasteiger partial charge in [0.1, 0.15) is 5.75 Å².